The molecule has 0 aliphatic heterocycles. The van der Waals surface area contributed by atoms with Gasteiger partial charge in [0.2, 0.25) is 0 Å². The van der Waals surface area contributed by atoms with Crippen LogP contribution in [0.15, 0.2) is 24.3 Å². The Morgan fingerprint density at radius 2 is 1.75 bits per heavy atom. The average molecular weight is 284 g/mol. The van der Waals surface area contributed by atoms with E-state index in [9.17, 15) is 19.8 Å². The molecule has 0 radical (unpaired) electrons. The summed E-state index contributed by atoms with van der Waals surface area (Å²) in [5.74, 6) is -3.63. The molecule has 1 rings (SSSR count). The predicted molar refractivity (Wildman–Crippen MR) is 70.4 cm³/mol. The molecular weight excluding hydrogens is 264 g/mol. The highest BCUT2D eigenvalue weighted by molar-refractivity contribution is 5.88. The van der Waals surface area contributed by atoms with Gasteiger partial charge in [-0.25, -0.2) is 9.59 Å². The van der Waals surface area contributed by atoms with Crippen molar-refractivity contribution in [2.75, 3.05) is 0 Å². The van der Waals surface area contributed by atoms with Crippen molar-refractivity contribution < 1.29 is 29.3 Å². The molecule has 0 saturated heterocycles. The molecule has 20 heavy (non-hydrogen) atoms. The summed E-state index contributed by atoms with van der Waals surface area (Å²) in [5, 5.41) is 20.3. The van der Waals surface area contributed by atoms with Gasteiger partial charge in [0.15, 0.2) is 6.10 Å². The Kier molecular flexibility index (Phi) is 5.08. The highest BCUT2D eigenvalue weighted by Crippen LogP contribution is 2.33. The number of hydrogen-bond donors (Lipinski definition) is 2. The van der Waals surface area contributed by atoms with Crippen LogP contribution in [0.25, 0.3) is 0 Å². The van der Waals surface area contributed by atoms with Gasteiger partial charge in [-0.2, -0.15) is 0 Å². The van der Waals surface area contributed by atoms with E-state index in [0.717, 1.165) is 0 Å². The molecule has 3 atom stereocenters. The molecule has 0 aromatic heterocycles. The maximum atomic E-state index is 11.6. The zero-order chi connectivity index (χ0) is 15.5. The molecule has 0 aromatic rings. The van der Waals surface area contributed by atoms with E-state index < -0.39 is 29.9 Å². The van der Waals surface area contributed by atoms with E-state index in [1.807, 2.05) is 0 Å². The van der Waals surface area contributed by atoms with Crippen LogP contribution in [0.4, 0.5) is 0 Å². The number of carbonyl (C=O) groups excluding carboxylic acids is 2. The number of hydrogen-bond acceptors (Lipinski definition) is 6. The summed E-state index contributed by atoms with van der Waals surface area (Å²) in [7, 11) is 0. The number of carbonyl (C=O) groups is 2. The lowest BCUT2D eigenvalue weighted by atomic mass is 9.88. The Labute approximate surface area is 117 Å². The van der Waals surface area contributed by atoms with E-state index in [0.29, 0.717) is 12.8 Å². The molecule has 1 fully saturated rings. The van der Waals surface area contributed by atoms with Gasteiger partial charge >= 0.3 is 11.9 Å². The smallest absolute Gasteiger partial charge is 0.335 e. The first-order valence-corrected chi connectivity index (χ1v) is 6.33. The summed E-state index contributed by atoms with van der Waals surface area (Å²) < 4.78 is 9.97. The molecular formula is C14H20O6. The van der Waals surface area contributed by atoms with E-state index >= 15 is 0 Å². The first-order chi connectivity index (χ1) is 9.17. The van der Waals surface area contributed by atoms with Crippen LogP contribution in [0.3, 0.4) is 0 Å². The van der Waals surface area contributed by atoms with Gasteiger partial charge in [0, 0.05) is 17.6 Å². The third-order valence-electron chi connectivity index (χ3n) is 3.03. The predicted octanol–water partition coefficient (Wildman–Crippen LogP) is 0.827. The highest BCUT2D eigenvalue weighted by Gasteiger charge is 2.50. The number of esters is 2. The van der Waals surface area contributed by atoms with Crippen LogP contribution >= 0.6 is 0 Å². The Balaban J connectivity index is 2.93. The normalized spacial score (nSPS) is 29.4. The minimum atomic E-state index is -2.06. The van der Waals surface area contributed by atoms with Crippen molar-refractivity contribution in [1.82, 2.24) is 0 Å². The first kappa shape index (κ1) is 16.4. The van der Waals surface area contributed by atoms with Crippen LogP contribution in [0.5, 0.6) is 0 Å². The van der Waals surface area contributed by atoms with Crippen LogP contribution in [0.1, 0.15) is 33.1 Å². The second kappa shape index (κ2) is 6.19. The maximum Gasteiger partial charge on any atom is 0.335 e. The zero-order valence-electron chi connectivity index (χ0n) is 11.7. The van der Waals surface area contributed by atoms with Gasteiger partial charge < -0.3 is 19.7 Å². The van der Waals surface area contributed by atoms with Crippen LogP contribution < -0.4 is 0 Å². The van der Waals surface area contributed by atoms with Crippen molar-refractivity contribution in [3.8, 4) is 0 Å². The molecule has 6 nitrogen and oxygen atoms in total. The molecule has 0 aromatic carbocycles. The lowest BCUT2D eigenvalue weighted by Crippen LogP contribution is -2.56. The number of aliphatic hydroxyl groups is 2. The summed E-state index contributed by atoms with van der Waals surface area (Å²) in [6.45, 7) is 9.71. The monoisotopic (exact) mass is 284 g/mol. The first-order valence-electron chi connectivity index (χ1n) is 6.33. The molecule has 0 bridgehead atoms. The van der Waals surface area contributed by atoms with Gasteiger partial charge in [0.05, 0.1) is 6.10 Å². The maximum absolute atomic E-state index is 11.6. The van der Waals surface area contributed by atoms with E-state index in [2.05, 4.69) is 13.2 Å². The quantitative estimate of drug-likeness (QED) is 0.451. The summed E-state index contributed by atoms with van der Waals surface area (Å²) in [6.07, 6.45) is -1.63. The van der Waals surface area contributed by atoms with E-state index in [-0.39, 0.29) is 17.6 Å². The average Bonchev–Trinajstić information content (AvgIpc) is 2.33. The van der Waals surface area contributed by atoms with E-state index in [4.69, 9.17) is 9.47 Å². The van der Waals surface area contributed by atoms with Crippen molar-refractivity contribution in [3.63, 3.8) is 0 Å². The summed E-state index contributed by atoms with van der Waals surface area (Å²) in [6, 6.07) is 0. The molecule has 3 unspecified atom stereocenters. The number of ether oxygens (including phenoxy) is 2. The fraction of sp³-hybridized carbons (Fsp3) is 0.571. The second-order valence-corrected chi connectivity index (χ2v) is 5.08. The van der Waals surface area contributed by atoms with Gasteiger partial charge in [-0.15, -0.1) is 0 Å². The van der Waals surface area contributed by atoms with Gasteiger partial charge in [0.1, 0.15) is 0 Å². The van der Waals surface area contributed by atoms with Crippen LogP contribution in [0, 0.1) is 0 Å². The van der Waals surface area contributed by atoms with E-state index in [1.54, 1.807) is 0 Å². The Morgan fingerprint density at radius 1 is 1.20 bits per heavy atom. The Bertz CT molecular complexity index is 441. The third-order valence-corrected chi connectivity index (χ3v) is 3.03. The zero-order valence-corrected chi connectivity index (χ0v) is 11.7. The fourth-order valence-electron chi connectivity index (χ4n) is 1.90. The molecule has 0 heterocycles. The minimum absolute atomic E-state index is 0.0667. The molecule has 1 aliphatic rings. The van der Waals surface area contributed by atoms with Gasteiger partial charge in [-0.1, -0.05) is 13.2 Å². The summed E-state index contributed by atoms with van der Waals surface area (Å²) in [5.41, 5.74) is 0.222. The van der Waals surface area contributed by atoms with Gasteiger partial charge in [0.25, 0.3) is 5.79 Å². The SMILES string of the molecule is C=C(C)C(=O)OC1C(O)CCCC1(O)OC(=O)C(=C)C. The van der Waals surface area contributed by atoms with Crippen LogP contribution in [0.2, 0.25) is 0 Å². The van der Waals surface area contributed by atoms with Crippen molar-refractivity contribution >= 4 is 11.9 Å². The van der Waals surface area contributed by atoms with Crippen molar-refractivity contribution in [3.05, 3.63) is 24.3 Å². The molecule has 1 saturated carbocycles. The van der Waals surface area contributed by atoms with E-state index in [1.165, 1.54) is 13.8 Å². The highest BCUT2D eigenvalue weighted by atomic mass is 16.7. The van der Waals surface area contributed by atoms with Gasteiger partial charge in [-0.3, -0.25) is 0 Å². The molecule has 112 valence electrons. The molecule has 6 heteroatoms. The number of rotatable bonds is 4. The molecule has 2 N–H and O–H groups in total. The van der Waals surface area contributed by atoms with Gasteiger partial charge in [-0.05, 0) is 26.7 Å². The van der Waals surface area contributed by atoms with Crippen LogP contribution in [-0.4, -0.2) is 40.1 Å². The molecule has 0 amide bonds. The Morgan fingerprint density at radius 3 is 2.25 bits per heavy atom. The van der Waals surface area contributed by atoms with Crippen LogP contribution in [-0.2, 0) is 19.1 Å². The topological polar surface area (TPSA) is 93.1 Å². The summed E-state index contributed by atoms with van der Waals surface area (Å²) in [4.78, 5) is 23.1. The standard InChI is InChI=1S/C14H20O6/c1-8(2)12(16)19-11-10(15)6-5-7-14(11,18)20-13(17)9(3)4/h10-11,15,18H,1,3,5-7H2,2,4H3. The summed E-state index contributed by atoms with van der Waals surface area (Å²) >= 11 is 0. The Hall–Kier alpha value is -1.66. The second-order valence-electron chi connectivity index (χ2n) is 5.08. The third kappa shape index (κ3) is 3.68. The molecule has 1 aliphatic carbocycles. The van der Waals surface area contributed by atoms with Crippen molar-refractivity contribution in [2.45, 2.75) is 51.1 Å². The largest absolute Gasteiger partial charge is 0.449 e. The fourth-order valence-corrected chi connectivity index (χ4v) is 1.90. The lowest BCUT2D eigenvalue weighted by Gasteiger charge is -2.40. The number of aliphatic hydroxyl groups excluding tert-OH is 1. The minimum Gasteiger partial charge on any atom is -0.449 e. The van der Waals surface area contributed by atoms with Crippen molar-refractivity contribution in [1.29, 1.82) is 0 Å². The van der Waals surface area contributed by atoms with Crippen molar-refractivity contribution in [2.24, 2.45) is 0 Å². The lowest BCUT2D eigenvalue weighted by molar-refractivity contribution is -0.279. The molecule has 0 spiro atoms.